The van der Waals surface area contributed by atoms with Crippen LogP contribution >= 0.6 is 0 Å². The van der Waals surface area contributed by atoms with Crippen molar-refractivity contribution in [3.8, 4) is 11.5 Å². The molecule has 2 heteroatoms. The third kappa shape index (κ3) is 2.11. The first-order valence-electron chi connectivity index (χ1n) is 10.3. The highest BCUT2D eigenvalue weighted by Gasteiger charge is 2.65. The van der Waals surface area contributed by atoms with Gasteiger partial charge in [-0.1, -0.05) is 51.1 Å². The van der Waals surface area contributed by atoms with Crippen LogP contribution in [-0.4, -0.2) is 6.54 Å². The predicted molar refractivity (Wildman–Crippen MR) is 112 cm³/mol. The number of para-hydroxylation sites is 1. The van der Waals surface area contributed by atoms with Crippen molar-refractivity contribution in [2.45, 2.75) is 45.4 Å². The van der Waals surface area contributed by atoms with Gasteiger partial charge in [-0.3, -0.25) is 0 Å². The van der Waals surface area contributed by atoms with Gasteiger partial charge in [-0.05, 0) is 65.9 Å². The fraction of sp³-hybridized carbons (Fsp3) is 0.440. The number of rotatable bonds is 2. The van der Waals surface area contributed by atoms with Crippen molar-refractivity contribution in [3.63, 3.8) is 0 Å². The van der Waals surface area contributed by atoms with Gasteiger partial charge >= 0.3 is 0 Å². The Morgan fingerprint density at radius 3 is 2.56 bits per heavy atom. The van der Waals surface area contributed by atoms with Crippen molar-refractivity contribution in [3.05, 3.63) is 59.2 Å². The SMILES string of the molecule is CC1CCC2CC1(c1cccc3c1C=C(CN)c1ccccc1O3)C2(C)C. The molecule has 0 radical (unpaired) electrons. The highest BCUT2D eigenvalue weighted by molar-refractivity contribution is 5.89. The van der Waals surface area contributed by atoms with Crippen LogP contribution in [0.25, 0.3) is 11.6 Å². The quantitative estimate of drug-likeness (QED) is 0.713. The summed E-state index contributed by atoms with van der Waals surface area (Å²) in [5.74, 6) is 3.40. The molecule has 4 aliphatic rings. The Balaban J connectivity index is 1.74. The number of benzene rings is 2. The second-order valence-electron chi connectivity index (χ2n) is 9.26. The van der Waals surface area contributed by atoms with Gasteiger partial charge in [0.2, 0.25) is 0 Å². The Kier molecular flexibility index (Phi) is 3.61. The molecule has 3 fully saturated rings. The maximum absolute atomic E-state index is 6.42. The van der Waals surface area contributed by atoms with Crippen LogP contribution in [-0.2, 0) is 5.41 Å². The molecule has 2 nitrogen and oxygen atoms in total. The molecule has 0 aromatic heterocycles. The third-order valence-electron chi connectivity index (χ3n) is 8.07. The summed E-state index contributed by atoms with van der Waals surface area (Å²) in [4.78, 5) is 0. The maximum Gasteiger partial charge on any atom is 0.135 e. The van der Waals surface area contributed by atoms with E-state index in [9.17, 15) is 0 Å². The number of hydrogen-bond acceptors (Lipinski definition) is 2. The van der Waals surface area contributed by atoms with Crippen molar-refractivity contribution in [2.75, 3.05) is 6.54 Å². The van der Waals surface area contributed by atoms with Crippen molar-refractivity contribution in [2.24, 2.45) is 23.0 Å². The first kappa shape index (κ1) is 17.1. The Labute approximate surface area is 162 Å². The molecule has 6 rings (SSSR count). The van der Waals surface area contributed by atoms with Gasteiger partial charge in [-0.15, -0.1) is 0 Å². The van der Waals surface area contributed by atoms with E-state index in [0.29, 0.717) is 17.9 Å². The lowest BCUT2D eigenvalue weighted by Crippen LogP contribution is -2.64. The highest BCUT2D eigenvalue weighted by atomic mass is 16.5. The summed E-state index contributed by atoms with van der Waals surface area (Å²) in [5, 5.41) is 0. The zero-order valence-electron chi connectivity index (χ0n) is 16.6. The van der Waals surface area contributed by atoms with Gasteiger partial charge in [0.05, 0.1) is 0 Å². The Morgan fingerprint density at radius 2 is 1.81 bits per heavy atom. The van der Waals surface area contributed by atoms with Gasteiger partial charge in [0, 0.05) is 23.1 Å². The summed E-state index contributed by atoms with van der Waals surface area (Å²) in [7, 11) is 0. The van der Waals surface area contributed by atoms with Crippen molar-refractivity contribution in [1.29, 1.82) is 0 Å². The molecule has 2 bridgehead atoms. The number of fused-ring (bicyclic) bond motifs is 4. The lowest BCUT2D eigenvalue weighted by molar-refractivity contribution is -0.133. The van der Waals surface area contributed by atoms with E-state index in [0.717, 1.165) is 28.6 Å². The molecular formula is C25H29NO. The predicted octanol–water partition coefficient (Wildman–Crippen LogP) is 6.01. The molecule has 3 atom stereocenters. The summed E-state index contributed by atoms with van der Waals surface area (Å²) in [5.41, 5.74) is 11.7. The molecule has 0 amide bonds. The van der Waals surface area contributed by atoms with Crippen molar-refractivity contribution >= 4 is 11.6 Å². The fourth-order valence-electron chi connectivity index (χ4n) is 6.39. The summed E-state index contributed by atoms with van der Waals surface area (Å²) in [6.07, 6.45) is 6.30. The molecule has 2 N–H and O–H groups in total. The molecule has 1 aliphatic heterocycles. The van der Waals surface area contributed by atoms with Crippen LogP contribution in [0.3, 0.4) is 0 Å². The van der Waals surface area contributed by atoms with Crippen LogP contribution in [0.5, 0.6) is 11.5 Å². The second-order valence-corrected chi connectivity index (χ2v) is 9.26. The molecule has 0 spiro atoms. The summed E-state index contributed by atoms with van der Waals surface area (Å²) in [6, 6.07) is 14.9. The molecule has 3 saturated carbocycles. The van der Waals surface area contributed by atoms with Crippen LogP contribution in [0.2, 0.25) is 0 Å². The number of nitrogens with two attached hydrogens (primary N) is 1. The van der Waals surface area contributed by atoms with E-state index < -0.39 is 0 Å². The molecule has 0 saturated heterocycles. The zero-order chi connectivity index (χ0) is 18.8. The molecule has 3 unspecified atom stereocenters. The lowest BCUT2D eigenvalue weighted by Gasteiger charge is -2.69. The number of hydrogen-bond donors (Lipinski definition) is 1. The minimum Gasteiger partial charge on any atom is -0.456 e. The van der Waals surface area contributed by atoms with E-state index in [4.69, 9.17) is 10.5 Å². The minimum absolute atomic E-state index is 0.233. The largest absolute Gasteiger partial charge is 0.456 e. The Morgan fingerprint density at radius 1 is 1.04 bits per heavy atom. The number of ether oxygens (including phenoxy) is 1. The smallest absolute Gasteiger partial charge is 0.135 e. The normalized spacial score (nSPS) is 30.1. The molecular weight excluding hydrogens is 330 g/mol. The second kappa shape index (κ2) is 5.72. The average molecular weight is 360 g/mol. The van der Waals surface area contributed by atoms with Crippen LogP contribution in [0.1, 0.15) is 56.7 Å². The van der Waals surface area contributed by atoms with E-state index in [1.54, 1.807) is 0 Å². The standard InChI is InChI=1S/C25H29NO/c1-16-11-12-18-14-25(16,24(18,2)3)21-8-6-10-23-20(21)13-17(15-26)19-7-4-5-9-22(19)27-23/h4-10,13,16,18H,11-12,14-15,26H2,1-3H3. The maximum atomic E-state index is 6.42. The van der Waals surface area contributed by atoms with E-state index in [2.05, 4.69) is 57.2 Å². The van der Waals surface area contributed by atoms with Gasteiger partial charge in [-0.2, -0.15) is 0 Å². The topological polar surface area (TPSA) is 35.2 Å². The van der Waals surface area contributed by atoms with Gasteiger partial charge in [0.25, 0.3) is 0 Å². The summed E-state index contributed by atoms with van der Waals surface area (Å²) < 4.78 is 6.42. The van der Waals surface area contributed by atoms with Gasteiger partial charge in [-0.25, -0.2) is 0 Å². The summed E-state index contributed by atoms with van der Waals surface area (Å²) >= 11 is 0. The zero-order valence-corrected chi connectivity index (χ0v) is 16.6. The van der Waals surface area contributed by atoms with E-state index in [1.165, 1.54) is 30.4 Å². The molecule has 2 aromatic rings. The summed E-state index contributed by atoms with van der Waals surface area (Å²) in [6.45, 7) is 7.94. The third-order valence-corrected chi connectivity index (χ3v) is 8.07. The lowest BCUT2D eigenvalue weighted by atomic mass is 9.35. The van der Waals surface area contributed by atoms with Crippen LogP contribution in [0.4, 0.5) is 0 Å². The first-order valence-corrected chi connectivity index (χ1v) is 10.3. The first-order chi connectivity index (χ1) is 13.0. The van der Waals surface area contributed by atoms with Crippen molar-refractivity contribution in [1.82, 2.24) is 0 Å². The van der Waals surface area contributed by atoms with Crippen LogP contribution < -0.4 is 10.5 Å². The Hall–Kier alpha value is -2.06. The van der Waals surface area contributed by atoms with Gasteiger partial charge in [0.1, 0.15) is 11.5 Å². The van der Waals surface area contributed by atoms with Gasteiger partial charge < -0.3 is 10.5 Å². The molecule has 2 aromatic carbocycles. The molecule has 140 valence electrons. The van der Waals surface area contributed by atoms with Gasteiger partial charge in [0.15, 0.2) is 0 Å². The molecule has 27 heavy (non-hydrogen) atoms. The monoisotopic (exact) mass is 359 g/mol. The highest BCUT2D eigenvalue weighted by Crippen LogP contribution is 2.71. The average Bonchev–Trinajstić information content (AvgIpc) is 2.83. The fourth-order valence-corrected chi connectivity index (χ4v) is 6.39. The van der Waals surface area contributed by atoms with Crippen LogP contribution in [0, 0.1) is 17.3 Å². The van der Waals surface area contributed by atoms with E-state index in [1.807, 2.05) is 12.1 Å². The van der Waals surface area contributed by atoms with Crippen molar-refractivity contribution < 1.29 is 4.74 Å². The molecule has 3 aliphatic carbocycles. The molecule has 1 heterocycles. The van der Waals surface area contributed by atoms with Crippen LogP contribution in [0.15, 0.2) is 42.5 Å². The minimum atomic E-state index is 0.233. The van der Waals surface area contributed by atoms with E-state index in [-0.39, 0.29) is 5.41 Å². The Bertz CT molecular complexity index is 941. The van der Waals surface area contributed by atoms with E-state index >= 15 is 0 Å².